The summed E-state index contributed by atoms with van der Waals surface area (Å²) in [7, 11) is -3.90. The SMILES string of the molecule is CCC(C)[C@@H]1N=C(c2ccccc2)c2cc(Cl)ccc2N(CC(=O)NS(=O)(=O)C2CCOCC2)C1=O. The fraction of sp³-hybridized carbons (Fsp3) is 0.423. The van der Waals surface area contributed by atoms with Gasteiger partial charge in [0.25, 0.3) is 11.8 Å². The van der Waals surface area contributed by atoms with Gasteiger partial charge in [-0.3, -0.25) is 19.3 Å². The van der Waals surface area contributed by atoms with E-state index in [1.54, 1.807) is 18.2 Å². The number of carbonyl (C=O) groups excluding carboxylic acids is 2. The van der Waals surface area contributed by atoms with Crippen LogP contribution in [0.2, 0.25) is 5.02 Å². The molecule has 2 atom stereocenters. The molecule has 192 valence electrons. The van der Waals surface area contributed by atoms with E-state index in [2.05, 4.69) is 4.72 Å². The van der Waals surface area contributed by atoms with Crippen LogP contribution < -0.4 is 9.62 Å². The van der Waals surface area contributed by atoms with Crippen molar-refractivity contribution in [2.75, 3.05) is 24.7 Å². The van der Waals surface area contributed by atoms with Crippen LogP contribution in [-0.4, -0.2) is 57.0 Å². The third-order valence-corrected chi connectivity index (χ3v) is 8.78. The highest BCUT2D eigenvalue weighted by molar-refractivity contribution is 7.90. The van der Waals surface area contributed by atoms with Gasteiger partial charge >= 0.3 is 0 Å². The normalized spacial score (nSPS) is 19.8. The van der Waals surface area contributed by atoms with E-state index in [9.17, 15) is 18.0 Å². The first-order valence-electron chi connectivity index (χ1n) is 12.1. The topological polar surface area (TPSA) is 105 Å². The van der Waals surface area contributed by atoms with Gasteiger partial charge in [-0.2, -0.15) is 0 Å². The molecule has 1 fully saturated rings. The van der Waals surface area contributed by atoms with Crippen LogP contribution in [-0.2, 0) is 24.3 Å². The minimum Gasteiger partial charge on any atom is -0.381 e. The lowest BCUT2D eigenvalue weighted by atomic mass is 9.98. The molecule has 2 aromatic carbocycles. The maximum absolute atomic E-state index is 13.8. The summed E-state index contributed by atoms with van der Waals surface area (Å²) in [5.74, 6) is -1.25. The number of carbonyl (C=O) groups is 2. The van der Waals surface area contributed by atoms with E-state index in [0.717, 1.165) is 5.56 Å². The highest BCUT2D eigenvalue weighted by atomic mass is 35.5. The van der Waals surface area contributed by atoms with Crippen LogP contribution in [0, 0.1) is 5.92 Å². The molecule has 2 aliphatic rings. The van der Waals surface area contributed by atoms with E-state index < -0.39 is 33.8 Å². The lowest BCUT2D eigenvalue weighted by molar-refractivity contribution is -0.124. The van der Waals surface area contributed by atoms with E-state index in [1.807, 2.05) is 44.2 Å². The zero-order valence-corrected chi connectivity index (χ0v) is 21.9. The molecule has 2 aromatic rings. The van der Waals surface area contributed by atoms with Crippen molar-refractivity contribution in [3.8, 4) is 0 Å². The Kier molecular flexibility index (Phi) is 8.12. The second-order valence-corrected chi connectivity index (χ2v) is 11.5. The number of rotatable bonds is 7. The number of benzodiazepines with no additional fused rings is 1. The maximum Gasteiger partial charge on any atom is 0.253 e. The summed E-state index contributed by atoms with van der Waals surface area (Å²) in [6.45, 7) is 4.11. The molecule has 10 heteroatoms. The highest BCUT2D eigenvalue weighted by Gasteiger charge is 2.37. The van der Waals surface area contributed by atoms with Gasteiger partial charge in [-0.15, -0.1) is 0 Å². The van der Waals surface area contributed by atoms with E-state index >= 15 is 0 Å². The van der Waals surface area contributed by atoms with E-state index in [1.165, 1.54) is 4.90 Å². The maximum atomic E-state index is 13.8. The minimum absolute atomic E-state index is 0.113. The first-order chi connectivity index (χ1) is 17.2. The van der Waals surface area contributed by atoms with Gasteiger partial charge in [0.05, 0.1) is 16.6 Å². The van der Waals surface area contributed by atoms with Crippen LogP contribution in [0.1, 0.15) is 44.2 Å². The molecule has 1 N–H and O–H groups in total. The minimum atomic E-state index is -3.90. The second-order valence-electron chi connectivity index (χ2n) is 9.14. The lowest BCUT2D eigenvalue weighted by Crippen LogP contribution is -2.49. The average molecular weight is 532 g/mol. The number of halogens is 1. The molecule has 0 bridgehead atoms. The molecule has 36 heavy (non-hydrogen) atoms. The molecular weight excluding hydrogens is 502 g/mol. The van der Waals surface area contributed by atoms with E-state index in [0.29, 0.717) is 54.5 Å². The Labute approximate surface area is 216 Å². The fourth-order valence-corrected chi connectivity index (χ4v) is 6.00. The number of hydrogen-bond acceptors (Lipinski definition) is 6. The molecule has 0 spiro atoms. The molecule has 2 heterocycles. The zero-order valence-electron chi connectivity index (χ0n) is 20.3. The number of amides is 2. The van der Waals surface area contributed by atoms with Gasteiger partial charge in [0, 0.05) is 29.4 Å². The molecule has 8 nitrogen and oxygen atoms in total. The quantitative estimate of drug-likeness (QED) is 0.588. The van der Waals surface area contributed by atoms with Crippen molar-refractivity contribution in [1.82, 2.24) is 4.72 Å². The highest BCUT2D eigenvalue weighted by Crippen LogP contribution is 2.33. The largest absolute Gasteiger partial charge is 0.381 e. The average Bonchev–Trinajstić information content (AvgIpc) is 2.99. The third kappa shape index (κ3) is 5.63. The fourth-order valence-electron chi connectivity index (χ4n) is 4.46. The summed E-state index contributed by atoms with van der Waals surface area (Å²) in [5.41, 5.74) is 2.48. The molecule has 4 rings (SSSR count). The summed E-state index contributed by atoms with van der Waals surface area (Å²) in [6, 6.07) is 13.8. The Bertz CT molecular complexity index is 1260. The Balaban J connectivity index is 1.73. The Morgan fingerprint density at radius 2 is 1.89 bits per heavy atom. The van der Waals surface area contributed by atoms with Crippen molar-refractivity contribution >= 4 is 44.8 Å². The van der Waals surface area contributed by atoms with Gasteiger partial charge in [-0.05, 0) is 37.0 Å². The van der Waals surface area contributed by atoms with Crippen LogP contribution in [0.3, 0.4) is 0 Å². The number of nitrogens with one attached hydrogen (secondary N) is 1. The third-order valence-electron chi connectivity index (χ3n) is 6.69. The zero-order chi connectivity index (χ0) is 25.9. The van der Waals surface area contributed by atoms with Crippen LogP contribution in [0.5, 0.6) is 0 Å². The predicted molar refractivity (Wildman–Crippen MR) is 140 cm³/mol. The summed E-state index contributed by atoms with van der Waals surface area (Å²) in [5, 5.41) is -0.250. The van der Waals surface area contributed by atoms with Crippen LogP contribution in [0.25, 0.3) is 0 Å². The Morgan fingerprint density at radius 1 is 1.19 bits per heavy atom. The number of nitrogens with zero attached hydrogens (tertiary/aromatic N) is 2. The number of sulfonamides is 1. The number of ether oxygens (including phenoxy) is 1. The molecule has 1 unspecified atom stereocenters. The number of aliphatic imine (C=N–C) groups is 1. The van der Waals surface area contributed by atoms with Crippen molar-refractivity contribution in [2.45, 2.75) is 44.4 Å². The van der Waals surface area contributed by atoms with Crippen LogP contribution >= 0.6 is 11.6 Å². The van der Waals surface area contributed by atoms with E-state index in [4.69, 9.17) is 21.3 Å². The van der Waals surface area contributed by atoms with Gasteiger partial charge < -0.3 is 9.64 Å². The molecular formula is C26H30ClN3O5S. The number of anilines is 1. The summed E-state index contributed by atoms with van der Waals surface area (Å²) < 4.78 is 33.0. The molecule has 2 amide bonds. The predicted octanol–water partition coefficient (Wildman–Crippen LogP) is 3.56. The number of benzene rings is 2. The Morgan fingerprint density at radius 3 is 2.56 bits per heavy atom. The molecule has 1 saturated heterocycles. The standard InChI is InChI=1S/C26H30ClN3O5S/c1-3-17(2)24-26(32)30(16-23(31)29-36(33,34)20-11-13-35-14-12-20)22-10-9-19(27)15-21(22)25(28-24)18-7-5-4-6-8-18/h4-10,15,17,20,24H,3,11-14,16H2,1-2H3,(H,29,31)/t17?,24-/m0/s1. The van der Waals surface area contributed by atoms with Crippen LogP contribution in [0.15, 0.2) is 53.5 Å². The van der Waals surface area contributed by atoms with Crippen molar-refractivity contribution in [1.29, 1.82) is 0 Å². The van der Waals surface area contributed by atoms with Gasteiger partial charge in [-0.1, -0.05) is 62.2 Å². The van der Waals surface area contributed by atoms with Gasteiger partial charge in [0.1, 0.15) is 12.6 Å². The van der Waals surface area contributed by atoms with Crippen molar-refractivity contribution < 1.29 is 22.7 Å². The van der Waals surface area contributed by atoms with Crippen LogP contribution in [0.4, 0.5) is 5.69 Å². The molecule has 2 aliphatic heterocycles. The number of hydrogen-bond donors (Lipinski definition) is 1. The molecule has 0 aromatic heterocycles. The lowest BCUT2D eigenvalue weighted by Gasteiger charge is -2.27. The summed E-state index contributed by atoms with van der Waals surface area (Å²) >= 11 is 6.34. The summed E-state index contributed by atoms with van der Waals surface area (Å²) in [6.07, 6.45) is 1.32. The second kappa shape index (κ2) is 11.1. The van der Waals surface area contributed by atoms with Gasteiger partial charge in [-0.25, -0.2) is 8.42 Å². The van der Waals surface area contributed by atoms with E-state index in [-0.39, 0.29) is 11.8 Å². The first-order valence-corrected chi connectivity index (χ1v) is 14.0. The molecule has 0 radical (unpaired) electrons. The number of fused-ring (bicyclic) bond motifs is 1. The van der Waals surface area contributed by atoms with Crippen molar-refractivity contribution in [3.05, 3.63) is 64.7 Å². The monoisotopic (exact) mass is 531 g/mol. The van der Waals surface area contributed by atoms with Gasteiger partial charge in [0.15, 0.2) is 0 Å². The Hall–Kier alpha value is -2.75. The molecule has 0 saturated carbocycles. The summed E-state index contributed by atoms with van der Waals surface area (Å²) in [4.78, 5) is 33.1. The van der Waals surface area contributed by atoms with Crippen molar-refractivity contribution in [3.63, 3.8) is 0 Å². The first kappa shape index (κ1) is 26.3. The molecule has 0 aliphatic carbocycles. The smallest absolute Gasteiger partial charge is 0.253 e. The van der Waals surface area contributed by atoms with Crippen molar-refractivity contribution in [2.24, 2.45) is 10.9 Å². The van der Waals surface area contributed by atoms with Gasteiger partial charge in [0.2, 0.25) is 10.0 Å².